The van der Waals surface area contributed by atoms with Crippen molar-refractivity contribution in [2.24, 2.45) is 0 Å². The first kappa shape index (κ1) is 17.2. The largest absolute Gasteiger partial charge is 0.572 e. The van der Waals surface area contributed by atoms with Gasteiger partial charge in [0.15, 0.2) is 0 Å². The van der Waals surface area contributed by atoms with Gasteiger partial charge in [-0.25, -0.2) is 0 Å². The van der Waals surface area contributed by atoms with Crippen LogP contribution in [0.25, 0.3) is 0 Å². The fraction of sp³-hybridized carbons (Fsp3) is 1.00. The Morgan fingerprint density at radius 1 is 0.765 bits per heavy atom. The number of aliphatic hydroxyl groups is 3. The van der Waals surface area contributed by atoms with Crippen molar-refractivity contribution in [1.82, 2.24) is 0 Å². The SMILES string of the molecule is CC(O)CO[P+](O)(OCC(C)O)OCC(C)O. The van der Waals surface area contributed by atoms with E-state index in [0.717, 1.165) is 0 Å². The summed E-state index contributed by atoms with van der Waals surface area (Å²) < 4.78 is 14.8. The fourth-order valence-electron chi connectivity index (χ4n) is 0.718. The molecule has 0 saturated heterocycles. The lowest BCUT2D eigenvalue weighted by atomic mass is 10.5. The molecule has 17 heavy (non-hydrogen) atoms. The molecule has 0 aromatic rings. The number of hydrogen-bond donors (Lipinski definition) is 4. The number of hydrogen-bond acceptors (Lipinski definition) is 7. The molecule has 0 aromatic carbocycles. The Bertz CT molecular complexity index is 166. The average Bonchev–Trinajstić information content (AvgIpc) is 2.21. The maximum Gasteiger partial charge on any atom is 0.572 e. The van der Waals surface area contributed by atoms with Gasteiger partial charge in [-0.3, -0.25) is 0 Å². The van der Waals surface area contributed by atoms with Gasteiger partial charge >= 0.3 is 8.17 Å². The van der Waals surface area contributed by atoms with Crippen LogP contribution in [-0.4, -0.2) is 58.3 Å². The van der Waals surface area contributed by atoms with E-state index in [1.165, 1.54) is 20.8 Å². The van der Waals surface area contributed by atoms with Gasteiger partial charge in [0.1, 0.15) is 19.8 Å². The molecule has 0 aromatic heterocycles. The van der Waals surface area contributed by atoms with Crippen LogP contribution >= 0.6 is 8.17 Å². The summed E-state index contributed by atoms with van der Waals surface area (Å²) in [6, 6.07) is 0. The second-order valence-corrected chi connectivity index (χ2v) is 5.61. The van der Waals surface area contributed by atoms with E-state index in [4.69, 9.17) is 28.9 Å². The predicted octanol–water partition coefficient (Wildman–Crippen LogP) is -0.151. The van der Waals surface area contributed by atoms with Gasteiger partial charge < -0.3 is 15.3 Å². The highest BCUT2D eigenvalue weighted by atomic mass is 31.2. The van der Waals surface area contributed by atoms with Gasteiger partial charge in [-0.1, -0.05) is 0 Å². The van der Waals surface area contributed by atoms with Gasteiger partial charge in [-0.2, -0.15) is 18.5 Å². The second-order valence-electron chi connectivity index (χ2n) is 3.90. The molecule has 0 radical (unpaired) electrons. The Kier molecular flexibility index (Phi) is 8.36. The number of aliphatic hydroxyl groups excluding tert-OH is 3. The maximum atomic E-state index is 9.87. The Morgan fingerprint density at radius 3 is 1.18 bits per heavy atom. The lowest BCUT2D eigenvalue weighted by Gasteiger charge is -2.17. The lowest BCUT2D eigenvalue weighted by Crippen LogP contribution is -2.20. The van der Waals surface area contributed by atoms with E-state index in [1.54, 1.807) is 0 Å². The van der Waals surface area contributed by atoms with Crippen molar-refractivity contribution in [2.75, 3.05) is 19.8 Å². The molecule has 0 spiro atoms. The highest BCUT2D eigenvalue weighted by Gasteiger charge is 2.45. The van der Waals surface area contributed by atoms with Crippen LogP contribution < -0.4 is 0 Å². The van der Waals surface area contributed by atoms with Gasteiger partial charge in [0, 0.05) is 0 Å². The van der Waals surface area contributed by atoms with Crippen molar-refractivity contribution < 1.29 is 33.8 Å². The molecule has 7 nitrogen and oxygen atoms in total. The zero-order chi connectivity index (χ0) is 13.5. The minimum absolute atomic E-state index is 0.163. The minimum Gasteiger partial charge on any atom is -0.391 e. The summed E-state index contributed by atoms with van der Waals surface area (Å²) in [5.41, 5.74) is 0. The standard InChI is InChI=1S/C9H22O7P/c1-7(10)4-14-17(13,15-5-8(2)11)16-6-9(3)12/h7-13H,4-6H2,1-3H3/q+1. The molecule has 0 saturated carbocycles. The van der Waals surface area contributed by atoms with Gasteiger partial charge in [-0.05, 0) is 20.8 Å². The van der Waals surface area contributed by atoms with E-state index < -0.39 is 26.5 Å². The Morgan fingerprint density at radius 2 is 1.00 bits per heavy atom. The monoisotopic (exact) mass is 273 g/mol. The van der Waals surface area contributed by atoms with Crippen molar-refractivity contribution in [3.05, 3.63) is 0 Å². The van der Waals surface area contributed by atoms with Crippen molar-refractivity contribution in [3.63, 3.8) is 0 Å². The molecule has 0 fully saturated rings. The van der Waals surface area contributed by atoms with E-state index in [1.807, 2.05) is 0 Å². The van der Waals surface area contributed by atoms with Crippen molar-refractivity contribution >= 4 is 8.17 Å². The zero-order valence-electron chi connectivity index (χ0n) is 10.3. The Balaban J connectivity index is 4.23. The molecule has 0 heterocycles. The average molecular weight is 273 g/mol. The molecule has 0 rings (SSSR count). The van der Waals surface area contributed by atoms with E-state index in [2.05, 4.69) is 0 Å². The molecule has 0 bridgehead atoms. The van der Waals surface area contributed by atoms with Crippen LogP contribution in [0, 0.1) is 0 Å². The van der Waals surface area contributed by atoms with Gasteiger partial charge in [0.25, 0.3) is 0 Å². The molecule has 104 valence electrons. The first-order chi connectivity index (χ1) is 7.75. The Hall–Kier alpha value is 0.150. The quantitative estimate of drug-likeness (QED) is 0.432. The summed E-state index contributed by atoms with van der Waals surface area (Å²) in [5, 5.41) is 27.1. The smallest absolute Gasteiger partial charge is 0.391 e. The molecule has 0 aliphatic carbocycles. The van der Waals surface area contributed by atoms with Crippen LogP contribution in [0.15, 0.2) is 0 Å². The third kappa shape index (κ3) is 9.82. The van der Waals surface area contributed by atoms with Crippen molar-refractivity contribution in [3.8, 4) is 0 Å². The third-order valence-corrected chi connectivity index (χ3v) is 2.86. The topological polar surface area (TPSA) is 109 Å². The van der Waals surface area contributed by atoms with Crippen LogP contribution in [0.3, 0.4) is 0 Å². The summed E-state index contributed by atoms with van der Waals surface area (Å²) in [6.45, 7) is 3.95. The van der Waals surface area contributed by atoms with Crippen LogP contribution in [-0.2, 0) is 13.6 Å². The molecule has 8 heteroatoms. The zero-order valence-corrected chi connectivity index (χ0v) is 11.2. The molecule has 0 aliphatic rings. The summed E-state index contributed by atoms with van der Waals surface area (Å²) in [5.74, 6) is 0. The van der Waals surface area contributed by atoms with E-state index in [0.29, 0.717) is 0 Å². The summed E-state index contributed by atoms with van der Waals surface area (Å²) in [7, 11) is -3.61. The summed E-state index contributed by atoms with van der Waals surface area (Å²) in [4.78, 5) is 9.87. The highest BCUT2D eigenvalue weighted by Crippen LogP contribution is 2.58. The van der Waals surface area contributed by atoms with Crippen LogP contribution in [0.2, 0.25) is 0 Å². The first-order valence-electron chi connectivity index (χ1n) is 5.35. The molecule has 3 unspecified atom stereocenters. The van der Waals surface area contributed by atoms with Crippen molar-refractivity contribution in [2.45, 2.75) is 39.1 Å². The lowest BCUT2D eigenvalue weighted by molar-refractivity contribution is 0.0105. The fourth-order valence-corrected chi connectivity index (χ4v) is 2.15. The molecular weight excluding hydrogens is 251 g/mol. The van der Waals surface area contributed by atoms with Gasteiger partial charge in [-0.15, -0.1) is 0 Å². The first-order valence-corrected chi connectivity index (χ1v) is 6.84. The van der Waals surface area contributed by atoms with Gasteiger partial charge in [0.2, 0.25) is 0 Å². The van der Waals surface area contributed by atoms with Crippen molar-refractivity contribution in [1.29, 1.82) is 0 Å². The third-order valence-electron chi connectivity index (χ3n) is 1.44. The predicted molar refractivity (Wildman–Crippen MR) is 62.0 cm³/mol. The molecular formula is C9H22O7P+. The molecule has 4 N–H and O–H groups in total. The normalized spacial score (nSPS) is 20.6. The molecule has 0 aliphatic heterocycles. The molecule has 0 amide bonds. The van der Waals surface area contributed by atoms with E-state index >= 15 is 0 Å². The maximum absolute atomic E-state index is 9.87. The Labute approximate surface area is 102 Å². The minimum atomic E-state index is -3.61. The van der Waals surface area contributed by atoms with Gasteiger partial charge in [0.05, 0.1) is 18.3 Å². The summed E-state index contributed by atoms with van der Waals surface area (Å²) >= 11 is 0. The van der Waals surface area contributed by atoms with Crippen LogP contribution in [0.5, 0.6) is 0 Å². The van der Waals surface area contributed by atoms with E-state index in [9.17, 15) is 4.89 Å². The number of rotatable bonds is 9. The van der Waals surface area contributed by atoms with Crippen LogP contribution in [0.1, 0.15) is 20.8 Å². The van der Waals surface area contributed by atoms with E-state index in [-0.39, 0.29) is 19.8 Å². The second kappa shape index (κ2) is 8.29. The highest BCUT2D eigenvalue weighted by molar-refractivity contribution is 7.55. The molecule has 3 atom stereocenters. The van der Waals surface area contributed by atoms with Crippen LogP contribution in [0.4, 0.5) is 0 Å². The summed E-state index contributed by atoms with van der Waals surface area (Å²) in [6.07, 6.45) is -2.36.